The van der Waals surface area contributed by atoms with Gasteiger partial charge in [0.25, 0.3) is 5.91 Å². The number of carbonyl (C=O) groups is 1. The van der Waals surface area contributed by atoms with Gasteiger partial charge in [-0.3, -0.25) is 4.79 Å². The predicted molar refractivity (Wildman–Crippen MR) is 114 cm³/mol. The van der Waals surface area contributed by atoms with E-state index in [2.05, 4.69) is 14.9 Å². The first kappa shape index (κ1) is 20.7. The molecule has 3 rings (SSSR count). The summed E-state index contributed by atoms with van der Waals surface area (Å²) in [6, 6.07) is 10.9. The molecule has 1 heterocycles. The van der Waals surface area contributed by atoms with Gasteiger partial charge in [-0.2, -0.15) is 0 Å². The van der Waals surface area contributed by atoms with E-state index in [0.717, 1.165) is 24.4 Å². The average Bonchev–Trinajstić information content (AvgIpc) is 3.12. The number of nitrogens with zero attached hydrogens (tertiary/aromatic N) is 2. The Morgan fingerprint density at radius 1 is 1.24 bits per heavy atom. The van der Waals surface area contributed by atoms with Crippen molar-refractivity contribution < 1.29 is 14.3 Å². The maximum absolute atomic E-state index is 12.7. The summed E-state index contributed by atoms with van der Waals surface area (Å²) in [5.74, 6) is 1.57. The van der Waals surface area contributed by atoms with Crippen LogP contribution in [0.5, 0.6) is 11.5 Å². The molecule has 1 aromatic heterocycles. The van der Waals surface area contributed by atoms with Crippen molar-refractivity contribution in [2.24, 2.45) is 0 Å². The Hall–Kier alpha value is -2.99. The standard InChI is InChI=1S/C22H24ClN3O3/c1-4-11-29-21-19(23)12-17(13-20(21)28-3)22(27)25-18-7-5-16(6-8-18)14-26-10-9-24-15(26)2/h5-10,12-13H,4,11,14H2,1-3H3,(H,25,27). The zero-order valence-corrected chi connectivity index (χ0v) is 17.5. The molecule has 0 aliphatic heterocycles. The molecule has 0 radical (unpaired) electrons. The van der Waals surface area contributed by atoms with Crippen LogP contribution in [0.4, 0.5) is 5.69 Å². The molecular weight excluding hydrogens is 390 g/mol. The summed E-state index contributed by atoms with van der Waals surface area (Å²) in [7, 11) is 1.52. The number of aromatic nitrogens is 2. The lowest BCUT2D eigenvalue weighted by Crippen LogP contribution is -2.12. The van der Waals surface area contributed by atoms with Crippen LogP contribution in [0.15, 0.2) is 48.8 Å². The fourth-order valence-corrected chi connectivity index (χ4v) is 3.12. The minimum atomic E-state index is -0.273. The van der Waals surface area contributed by atoms with Crippen molar-refractivity contribution in [3.05, 3.63) is 70.8 Å². The van der Waals surface area contributed by atoms with Gasteiger partial charge in [0.05, 0.1) is 18.7 Å². The van der Waals surface area contributed by atoms with Gasteiger partial charge in [-0.25, -0.2) is 4.98 Å². The second kappa shape index (κ2) is 9.47. The van der Waals surface area contributed by atoms with Crippen molar-refractivity contribution in [3.8, 4) is 11.5 Å². The van der Waals surface area contributed by atoms with Crippen molar-refractivity contribution in [1.82, 2.24) is 9.55 Å². The quantitative estimate of drug-likeness (QED) is 0.567. The lowest BCUT2D eigenvalue weighted by Gasteiger charge is -2.14. The van der Waals surface area contributed by atoms with E-state index in [0.29, 0.717) is 34.4 Å². The van der Waals surface area contributed by atoms with Gasteiger partial charge in [0.1, 0.15) is 5.82 Å². The summed E-state index contributed by atoms with van der Waals surface area (Å²) in [6.07, 6.45) is 4.57. The third kappa shape index (κ3) is 5.09. The molecule has 152 valence electrons. The van der Waals surface area contributed by atoms with Gasteiger partial charge in [-0.05, 0) is 43.2 Å². The Kier molecular flexibility index (Phi) is 6.77. The fraction of sp³-hybridized carbons (Fsp3) is 0.273. The Morgan fingerprint density at radius 3 is 2.62 bits per heavy atom. The number of hydrogen-bond donors (Lipinski definition) is 1. The van der Waals surface area contributed by atoms with Crippen LogP contribution in [0.3, 0.4) is 0 Å². The van der Waals surface area contributed by atoms with E-state index < -0.39 is 0 Å². The van der Waals surface area contributed by atoms with E-state index in [-0.39, 0.29) is 5.91 Å². The monoisotopic (exact) mass is 413 g/mol. The van der Waals surface area contributed by atoms with Crippen molar-refractivity contribution in [1.29, 1.82) is 0 Å². The summed E-state index contributed by atoms with van der Waals surface area (Å²) in [5, 5.41) is 3.23. The maximum Gasteiger partial charge on any atom is 0.255 e. The van der Waals surface area contributed by atoms with E-state index in [1.165, 1.54) is 7.11 Å². The number of ether oxygens (including phenoxy) is 2. The molecule has 6 nitrogen and oxygen atoms in total. The molecule has 0 spiro atoms. The summed E-state index contributed by atoms with van der Waals surface area (Å²) in [4.78, 5) is 16.9. The lowest BCUT2D eigenvalue weighted by molar-refractivity contribution is 0.102. The zero-order valence-electron chi connectivity index (χ0n) is 16.7. The predicted octanol–water partition coefficient (Wildman–Crippen LogP) is 4.94. The molecule has 0 aliphatic rings. The van der Waals surface area contributed by atoms with Gasteiger partial charge in [0, 0.05) is 30.2 Å². The number of aryl methyl sites for hydroxylation is 1. The SMILES string of the molecule is CCCOc1c(Cl)cc(C(=O)Nc2ccc(Cn3ccnc3C)cc2)cc1OC. The molecule has 0 bridgehead atoms. The fourth-order valence-electron chi connectivity index (χ4n) is 2.86. The molecule has 3 aromatic rings. The van der Waals surface area contributed by atoms with Crippen LogP contribution in [-0.4, -0.2) is 29.2 Å². The van der Waals surface area contributed by atoms with Gasteiger partial charge >= 0.3 is 0 Å². The first-order valence-electron chi connectivity index (χ1n) is 9.40. The second-order valence-corrected chi connectivity index (χ2v) is 7.00. The number of benzene rings is 2. The number of nitrogens with one attached hydrogen (secondary N) is 1. The number of methoxy groups -OCH3 is 1. The summed E-state index contributed by atoms with van der Waals surface area (Å²) in [5.41, 5.74) is 2.21. The molecule has 0 aliphatic carbocycles. The Morgan fingerprint density at radius 2 is 2.00 bits per heavy atom. The molecule has 0 saturated heterocycles. The van der Waals surface area contributed by atoms with Gasteiger partial charge in [-0.1, -0.05) is 30.7 Å². The van der Waals surface area contributed by atoms with E-state index >= 15 is 0 Å². The van der Waals surface area contributed by atoms with Crippen molar-refractivity contribution in [2.75, 3.05) is 19.0 Å². The molecule has 1 amide bonds. The summed E-state index contributed by atoms with van der Waals surface area (Å²) in [6.45, 7) is 5.22. The smallest absolute Gasteiger partial charge is 0.255 e. The van der Waals surface area contributed by atoms with Gasteiger partial charge in [-0.15, -0.1) is 0 Å². The Labute approximate surface area is 175 Å². The number of imidazole rings is 1. The molecule has 0 unspecified atom stereocenters. The molecule has 1 N–H and O–H groups in total. The van der Waals surface area contributed by atoms with Crippen LogP contribution in [-0.2, 0) is 6.54 Å². The zero-order chi connectivity index (χ0) is 20.8. The van der Waals surface area contributed by atoms with Crippen LogP contribution >= 0.6 is 11.6 Å². The minimum Gasteiger partial charge on any atom is -0.493 e. The summed E-state index contributed by atoms with van der Waals surface area (Å²) >= 11 is 6.30. The molecule has 0 atom stereocenters. The summed E-state index contributed by atoms with van der Waals surface area (Å²) < 4.78 is 13.0. The highest BCUT2D eigenvalue weighted by molar-refractivity contribution is 6.32. The number of halogens is 1. The Bertz CT molecular complexity index is 983. The average molecular weight is 414 g/mol. The number of carbonyl (C=O) groups excluding carboxylic acids is 1. The van der Waals surface area contributed by atoms with Gasteiger partial charge < -0.3 is 19.4 Å². The first-order valence-corrected chi connectivity index (χ1v) is 9.78. The van der Waals surface area contributed by atoms with Crippen LogP contribution in [0.25, 0.3) is 0 Å². The number of amides is 1. The van der Waals surface area contributed by atoms with Gasteiger partial charge in [0.15, 0.2) is 11.5 Å². The largest absolute Gasteiger partial charge is 0.493 e. The molecule has 7 heteroatoms. The van der Waals surface area contributed by atoms with E-state index in [9.17, 15) is 4.79 Å². The number of hydrogen-bond acceptors (Lipinski definition) is 4. The number of anilines is 1. The van der Waals surface area contributed by atoms with E-state index in [1.54, 1.807) is 18.3 Å². The van der Waals surface area contributed by atoms with Crippen LogP contribution < -0.4 is 14.8 Å². The molecule has 0 saturated carbocycles. The third-order valence-electron chi connectivity index (χ3n) is 4.43. The first-order chi connectivity index (χ1) is 14.0. The van der Waals surface area contributed by atoms with E-state index in [1.807, 2.05) is 44.3 Å². The topological polar surface area (TPSA) is 65.4 Å². The molecule has 0 fully saturated rings. The van der Waals surface area contributed by atoms with E-state index in [4.69, 9.17) is 21.1 Å². The van der Waals surface area contributed by atoms with Crippen LogP contribution in [0.2, 0.25) is 5.02 Å². The number of rotatable bonds is 8. The minimum absolute atomic E-state index is 0.273. The van der Waals surface area contributed by atoms with Gasteiger partial charge in [0.2, 0.25) is 0 Å². The maximum atomic E-state index is 12.7. The Balaban J connectivity index is 1.71. The lowest BCUT2D eigenvalue weighted by atomic mass is 10.1. The highest BCUT2D eigenvalue weighted by Gasteiger charge is 2.16. The molecular formula is C22H24ClN3O3. The third-order valence-corrected chi connectivity index (χ3v) is 4.71. The highest BCUT2D eigenvalue weighted by Crippen LogP contribution is 2.36. The second-order valence-electron chi connectivity index (χ2n) is 6.59. The van der Waals surface area contributed by atoms with Crippen LogP contribution in [0.1, 0.15) is 35.1 Å². The highest BCUT2D eigenvalue weighted by atomic mass is 35.5. The normalized spacial score (nSPS) is 10.6. The molecule has 2 aromatic carbocycles. The van der Waals surface area contributed by atoms with Crippen molar-refractivity contribution in [2.45, 2.75) is 26.8 Å². The van der Waals surface area contributed by atoms with Crippen molar-refractivity contribution >= 4 is 23.2 Å². The van der Waals surface area contributed by atoms with Crippen molar-refractivity contribution in [3.63, 3.8) is 0 Å². The molecule has 29 heavy (non-hydrogen) atoms. The van der Waals surface area contributed by atoms with Crippen LogP contribution in [0, 0.1) is 6.92 Å².